The fourth-order valence-electron chi connectivity index (χ4n) is 0.246. The number of hydrogen-bond acceptors (Lipinski definition) is 3. The van der Waals surface area contributed by atoms with Crippen molar-refractivity contribution in [3.05, 3.63) is 12.7 Å². The Kier molecular flexibility index (Phi) is 13.8. The summed E-state index contributed by atoms with van der Waals surface area (Å²) >= 11 is 0. The van der Waals surface area contributed by atoms with Gasteiger partial charge in [-0.15, -0.1) is 0 Å². The molecule has 0 heterocycles. The molecular weight excluding hydrogens is 146 g/mol. The lowest BCUT2D eigenvalue weighted by molar-refractivity contribution is -0.116. The molecular formula is C7H15NO3. The van der Waals surface area contributed by atoms with Gasteiger partial charge in [-0.3, -0.25) is 4.79 Å². The van der Waals surface area contributed by atoms with E-state index in [-0.39, 0.29) is 19.1 Å². The monoisotopic (exact) mass is 161 g/mol. The molecule has 66 valence electrons. The van der Waals surface area contributed by atoms with Gasteiger partial charge in [0.15, 0.2) is 0 Å². The lowest BCUT2D eigenvalue weighted by atomic mass is 10.6. The molecule has 0 aliphatic heterocycles. The van der Waals surface area contributed by atoms with Gasteiger partial charge in [-0.1, -0.05) is 6.58 Å². The topological polar surface area (TPSA) is 69.6 Å². The standard InChI is InChI=1S/C5H9NO.C2H6O2/c1-3-5(7)6-4-2;3-1-2-4/h3H,1,4H2,2H3,(H,6,7);3-4H,1-2H2. The first kappa shape index (κ1) is 12.8. The van der Waals surface area contributed by atoms with Crippen molar-refractivity contribution in [3.8, 4) is 0 Å². The maximum absolute atomic E-state index is 10.2. The Hall–Kier alpha value is -0.870. The van der Waals surface area contributed by atoms with Gasteiger partial charge in [0, 0.05) is 6.54 Å². The summed E-state index contributed by atoms with van der Waals surface area (Å²) in [4.78, 5) is 10.2. The van der Waals surface area contributed by atoms with E-state index in [4.69, 9.17) is 10.2 Å². The van der Waals surface area contributed by atoms with E-state index in [0.717, 1.165) is 0 Å². The van der Waals surface area contributed by atoms with Crippen LogP contribution in [0.2, 0.25) is 0 Å². The molecule has 4 nitrogen and oxygen atoms in total. The maximum atomic E-state index is 10.2. The second kappa shape index (κ2) is 11.9. The van der Waals surface area contributed by atoms with Crippen LogP contribution in [0.25, 0.3) is 0 Å². The second-order valence-corrected chi connectivity index (χ2v) is 1.55. The van der Waals surface area contributed by atoms with Crippen molar-refractivity contribution < 1.29 is 15.0 Å². The molecule has 0 bridgehead atoms. The Morgan fingerprint density at radius 2 is 2.00 bits per heavy atom. The minimum absolute atomic E-state index is 0.109. The molecule has 0 fully saturated rings. The summed E-state index contributed by atoms with van der Waals surface area (Å²) in [7, 11) is 0. The highest BCUT2D eigenvalue weighted by Crippen LogP contribution is 1.61. The van der Waals surface area contributed by atoms with Gasteiger partial charge in [0.25, 0.3) is 0 Å². The average Bonchev–Trinajstić information content (AvgIpc) is 2.05. The molecule has 0 saturated carbocycles. The number of carbonyl (C=O) groups excluding carboxylic acids is 1. The van der Waals surface area contributed by atoms with Crippen LogP contribution in [0.15, 0.2) is 12.7 Å². The van der Waals surface area contributed by atoms with Crippen LogP contribution in [0.4, 0.5) is 0 Å². The first-order chi connectivity index (χ1) is 5.22. The maximum Gasteiger partial charge on any atom is 0.243 e. The van der Waals surface area contributed by atoms with Crippen LogP contribution in [0.3, 0.4) is 0 Å². The summed E-state index contributed by atoms with van der Waals surface area (Å²) in [6.45, 7) is 5.55. The summed E-state index contributed by atoms with van der Waals surface area (Å²) in [5.74, 6) is -0.109. The van der Waals surface area contributed by atoms with Crippen LogP contribution in [-0.2, 0) is 4.79 Å². The van der Waals surface area contributed by atoms with Crippen molar-refractivity contribution in [2.75, 3.05) is 19.8 Å². The van der Waals surface area contributed by atoms with Crippen molar-refractivity contribution in [2.24, 2.45) is 0 Å². The van der Waals surface area contributed by atoms with Gasteiger partial charge in [-0.2, -0.15) is 0 Å². The number of hydrogen-bond donors (Lipinski definition) is 3. The molecule has 0 aromatic heterocycles. The molecule has 11 heavy (non-hydrogen) atoms. The number of carbonyl (C=O) groups is 1. The minimum atomic E-state index is -0.125. The molecule has 3 N–H and O–H groups in total. The Balaban J connectivity index is 0. The molecule has 0 aromatic carbocycles. The highest BCUT2D eigenvalue weighted by atomic mass is 16.3. The predicted molar refractivity (Wildman–Crippen MR) is 43.1 cm³/mol. The normalized spacial score (nSPS) is 7.55. The summed E-state index contributed by atoms with van der Waals surface area (Å²) in [6.07, 6.45) is 1.25. The largest absolute Gasteiger partial charge is 0.394 e. The number of likely N-dealkylation sites (N-methyl/N-ethyl adjacent to an activating group) is 1. The quantitative estimate of drug-likeness (QED) is 0.478. The van der Waals surface area contributed by atoms with E-state index in [1.54, 1.807) is 0 Å². The molecule has 0 atom stereocenters. The zero-order chi connectivity index (χ0) is 9.11. The first-order valence-electron chi connectivity index (χ1n) is 3.34. The van der Waals surface area contributed by atoms with Crippen molar-refractivity contribution in [3.63, 3.8) is 0 Å². The van der Waals surface area contributed by atoms with E-state index >= 15 is 0 Å². The highest BCUT2D eigenvalue weighted by Gasteiger charge is 1.83. The average molecular weight is 161 g/mol. The van der Waals surface area contributed by atoms with E-state index in [9.17, 15) is 4.79 Å². The lowest BCUT2D eigenvalue weighted by Crippen LogP contribution is -2.19. The van der Waals surface area contributed by atoms with Gasteiger partial charge in [0.05, 0.1) is 13.2 Å². The summed E-state index contributed by atoms with van der Waals surface area (Å²) in [6, 6.07) is 0. The number of rotatable bonds is 3. The van der Waals surface area contributed by atoms with E-state index in [0.29, 0.717) is 6.54 Å². The summed E-state index contributed by atoms with van der Waals surface area (Å²) in [5.41, 5.74) is 0. The Morgan fingerprint density at radius 1 is 1.55 bits per heavy atom. The predicted octanol–water partition coefficient (Wildman–Crippen LogP) is -0.721. The molecule has 1 amide bonds. The number of nitrogens with one attached hydrogen (secondary N) is 1. The summed E-state index contributed by atoms with van der Waals surface area (Å²) < 4.78 is 0. The van der Waals surface area contributed by atoms with Crippen LogP contribution in [-0.4, -0.2) is 35.9 Å². The van der Waals surface area contributed by atoms with Crippen LogP contribution in [0, 0.1) is 0 Å². The SMILES string of the molecule is C=CC(=O)NCC.OCCO. The van der Waals surface area contributed by atoms with Gasteiger partial charge in [0.2, 0.25) is 5.91 Å². The molecule has 0 aromatic rings. The fourth-order valence-corrected chi connectivity index (χ4v) is 0.246. The third-order valence-corrected chi connectivity index (χ3v) is 0.636. The highest BCUT2D eigenvalue weighted by molar-refractivity contribution is 5.86. The van der Waals surface area contributed by atoms with Crippen LogP contribution in [0.5, 0.6) is 0 Å². The minimum Gasteiger partial charge on any atom is -0.394 e. The molecule has 0 unspecified atom stereocenters. The van der Waals surface area contributed by atoms with Gasteiger partial charge in [-0.25, -0.2) is 0 Å². The third-order valence-electron chi connectivity index (χ3n) is 0.636. The van der Waals surface area contributed by atoms with Crippen molar-refractivity contribution >= 4 is 5.91 Å². The van der Waals surface area contributed by atoms with Crippen molar-refractivity contribution in [1.82, 2.24) is 5.32 Å². The van der Waals surface area contributed by atoms with Crippen molar-refractivity contribution in [1.29, 1.82) is 0 Å². The van der Waals surface area contributed by atoms with Crippen LogP contribution in [0.1, 0.15) is 6.92 Å². The van der Waals surface area contributed by atoms with Crippen LogP contribution >= 0.6 is 0 Å². The smallest absolute Gasteiger partial charge is 0.243 e. The fraction of sp³-hybridized carbons (Fsp3) is 0.571. The molecule has 0 rings (SSSR count). The van der Waals surface area contributed by atoms with Crippen molar-refractivity contribution in [2.45, 2.75) is 6.92 Å². The summed E-state index contributed by atoms with van der Waals surface area (Å²) in [5, 5.41) is 17.8. The molecule has 0 aliphatic rings. The zero-order valence-corrected chi connectivity index (χ0v) is 6.71. The van der Waals surface area contributed by atoms with E-state index in [1.165, 1.54) is 6.08 Å². The number of aliphatic hydroxyl groups is 2. The molecule has 0 saturated heterocycles. The molecule has 0 radical (unpaired) electrons. The lowest BCUT2D eigenvalue weighted by Gasteiger charge is -1.90. The number of amides is 1. The van der Waals surface area contributed by atoms with Gasteiger partial charge >= 0.3 is 0 Å². The van der Waals surface area contributed by atoms with E-state index < -0.39 is 0 Å². The van der Waals surface area contributed by atoms with Gasteiger partial charge in [0.1, 0.15) is 0 Å². The second-order valence-electron chi connectivity index (χ2n) is 1.55. The van der Waals surface area contributed by atoms with Gasteiger partial charge in [-0.05, 0) is 13.0 Å². The third kappa shape index (κ3) is 17.6. The molecule has 0 spiro atoms. The van der Waals surface area contributed by atoms with E-state index in [2.05, 4.69) is 11.9 Å². The van der Waals surface area contributed by atoms with E-state index in [1.807, 2.05) is 6.92 Å². The zero-order valence-electron chi connectivity index (χ0n) is 6.71. The van der Waals surface area contributed by atoms with Gasteiger partial charge < -0.3 is 15.5 Å². The Labute approximate surface area is 66.5 Å². The molecule has 4 heteroatoms. The Morgan fingerprint density at radius 3 is 2.09 bits per heavy atom. The molecule has 0 aliphatic carbocycles. The van der Waals surface area contributed by atoms with Crippen LogP contribution < -0.4 is 5.32 Å². The first-order valence-corrected chi connectivity index (χ1v) is 3.34. The Bertz CT molecular complexity index is 102. The number of aliphatic hydroxyl groups excluding tert-OH is 2.